The molecule has 1 aromatic heterocycles. The molecule has 17 heavy (non-hydrogen) atoms. The summed E-state index contributed by atoms with van der Waals surface area (Å²) in [5.41, 5.74) is -0.599. The second kappa shape index (κ2) is 4.97. The Labute approximate surface area is 106 Å². The maximum Gasteiger partial charge on any atom is 0.376 e. The van der Waals surface area contributed by atoms with Crippen LogP contribution in [0.25, 0.3) is 11.7 Å². The Balaban J connectivity index is 3.05. The summed E-state index contributed by atoms with van der Waals surface area (Å²) < 4.78 is 11.0. The number of esters is 1. The minimum Gasteiger partial charge on any atom is -0.488 e. The van der Waals surface area contributed by atoms with Gasteiger partial charge in [-0.2, -0.15) is 0 Å². The minimum absolute atomic E-state index is 0.0833. The van der Waals surface area contributed by atoms with Crippen molar-refractivity contribution in [1.82, 2.24) is 0 Å². The molecule has 1 heterocycles. The zero-order valence-corrected chi connectivity index (χ0v) is 11.6. The molecule has 96 valence electrons. The number of hydrogen-bond donors (Lipinski definition) is 2. The van der Waals surface area contributed by atoms with Crippen molar-refractivity contribution in [3.8, 4) is 0 Å². The standard InChI is InChI=1S/C10H14O5S2/c1-10(2,3)15-7(13)5(14-4)8-16-9(17-8)6(11)12/h11-12H,1-4H3. The van der Waals surface area contributed by atoms with Crippen LogP contribution in [0.1, 0.15) is 20.8 Å². The maximum absolute atomic E-state index is 11.7. The van der Waals surface area contributed by atoms with Gasteiger partial charge in [-0.1, -0.05) is 0 Å². The van der Waals surface area contributed by atoms with Crippen molar-refractivity contribution in [2.75, 3.05) is 7.11 Å². The average molecular weight is 278 g/mol. The maximum atomic E-state index is 11.7. The van der Waals surface area contributed by atoms with Gasteiger partial charge in [-0.3, -0.25) is 0 Å². The molecule has 0 saturated heterocycles. The number of methoxy groups -OCH3 is 1. The smallest absolute Gasteiger partial charge is 0.376 e. The number of carbonyl (C=O) groups excluding carboxylic acids is 1. The van der Waals surface area contributed by atoms with E-state index in [1.165, 1.54) is 7.11 Å². The van der Waals surface area contributed by atoms with Gasteiger partial charge in [0.2, 0.25) is 5.76 Å². The van der Waals surface area contributed by atoms with Crippen molar-refractivity contribution >= 4 is 40.3 Å². The number of aliphatic hydroxyl groups excluding tert-OH is 1. The van der Waals surface area contributed by atoms with Crippen molar-refractivity contribution in [3.05, 3.63) is 7.69 Å². The highest BCUT2D eigenvalue weighted by Crippen LogP contribution is 2.12. The predicted molar refractivity (Wildman–Crippen MR) is 66.4 cm³/mol. The Morgan fingerprint density at radius 3 is 2.06 bits per heavy atom. The van der Waals surface area contributed by atoms with E-state index in [9.17, 15) is 4.79 Å². The van der Waals surface area contributed by atoms with Gasteiger partial charge in [0.05, 0.1) is 7.11 Å². The molecule has 2 N–H and O–H groups in total. The largest absolute Gasteiger partial charge is 0.488 e. The van der Waals surface area contributed by atoms with E-state index in [0.717, 1.165) is 22.7 Å². The van der Waals surface area contributed by atoms with Gasteiger partial charge < -0.3 is 19.7 Å². The summed E-state index contributed by atoms with van der Waals surface area (Å²) in [6, 6.07) is 0. The van der Waals surface area contributed by atoms with Gasteiger partial charge in [-0.05, 0) is 20.8 Å². The van der Waals surface area contributed by atoms with E-state index in [1.54, 1.807) is 20.8 Å². The first kappa shape index (κ1) is 13.9. The van der Waals surface area contributed by atoms with Crippen LogP contribution in [-0.4, -0.2) is 28.9 Å². The van der Waals surface area contributed by atoms with Crippen LogP contribution in [0.4, 0.5) is 0 Å². The quantitative estimate of drug-likeness (QED) is 0.792. The lowest BCUT2D eigenvalue weighted by atomic mass is 10.2. The van der Waals surface area contributed by atoms with Crippen LogP contribution in [0.15, 0.2) is 0 Å². The number of rotatable bonds is 2. The number of ether oxygens (including phenoxy) is 2. The second-order valence-electron chi connectivity index (χ2n) is 4.14. The molecule has 5 nitrogen and oxygen atoms in total. The van der Waals surface area contributed by atoms with E-state index in [0.29, 0.717) is 7.69 Å². The van der Waals surface area contributed by atoms with Gasteiger partial charge >= 0.3 is 11.9 Å². The van der Waals surface area contributed by atoms with Gasteiger partial charge in [-0.25, -0.2) is 4.79 Å². The molecule has 0 aliphatic rings. The molecule has 1 rings (SSSR count). The first-order chi connectivity index (χ1) is 7.74. The van der Waals surface area contributed by atoms with Gasteiger partial charge in [-0.15, -0.1) is 22.7 Å². The highest BCUT2D eigenvalue weighted by molar-refractivity contribution is 7.36. The second-order valence-corrected chi connectivity index (χ2v) is 6.70. The molecule has 0 aromatic carbocycles. The fourth-order valence-corrected chi connectivity index (χ4v) is 2.74. The summed E-state index contributed by atoms with van der Waals surface area (Å²) in [7, 11) is 1.37. The lowest BCUT2D eigenvalue weighted by molar-refractivity contribution is -0.149. The van der Waals surface area contributed by atoms with Gasteiger partial charge in [0.25, 0.3) is 0 Å². The van der Waals surface area contributed by atoms with E-state index in [2.05, 4.69) is 0 Å². The third kappa shape index (κ3) is 3.64. The van der Waals surface area contributed by atoms with E-state index in [1.807, 2.05) is 0 Å². The fraction of sp³-hybridized carbons (Fsp3) is 0.500. The Kier molecular flexibility index (Phi) is 4.05. The van der Waals surface area contributed by atoms with E-state index < -0.39 is 17.5 Å². The predicted octanol–water partition coefficient (Wildman–Crippen LogP) is 1.09. The molecule has 0 fully saturated rings. The van der Waals surface area contributed by atoms with E-state index in [4.69, 9.17) is 19.7 Å². The first-order valence-electron chi connectivity index (χ1n) is 4.74. The number of aliphatic hydroxyl groups is 2. The van der Waals surface area contributed by atoms with E-state index >= 15 is 0 Å². The summed E-state index contributed by atoms with van der Waals surface area (Å²) >= 11 is 2.13. The van der Waals surface area contributed by atoms with Crippen molar-refractivity contribution in [2.45, 2.75) is 26.4 Å². The van der Waals surface area contributed by atoms with E-state index in [-0.39, 0.29) is 5.76 Å². The third-order valence-corrected chi connectivity index (χ3v) is 4.00. The van der Waals surface area contributed by atoms with Crippen molar-refractivity contribution in [1.29, 1.82) is 0 Å². The zero-order chi connectivity index (χ0) is 13.2. The van der Waals surface area contributed by atoms with Crippen LogP contribution >= 0.6 is 22.7 Å². The SMILES string of the molecule is COC(C(=O)OC(C)(C)C)=c1sc(=C(O)O)s1. The molecule has 0 aliphatic carbocycles. The monoisotopic (exact) mass is 278 g/mol. The third-order valence-electron chi connectivity index (χ3n) is 1.53. The number of carbonyl (C=O) groups is 1. The first-order valence-corrected chi connectivity index (χ1v) is 6.37. The topological polar surface area (TPSA) is 76.0 Å². The molecule has 0 radical (unpaired) electrons. The van der Waals surface area contributed by atoms with Crippen molar-refractivity contribution < 1.29 is 24.5 Å². The van der Waals surface area contributed by atoms with Gasteiger partial charge in [0.1, 0.15) is 9.45 Å². The molecule has 0 amide bonds. The minimum atomic E-state index is -0.747. The fourth-order valence-electron chi connectivity index (χ4n) is 0.934. The molecule has 0 saturated carbocycles. The lowest BCUT2D eigenvalue weighted by Crippen LogP contribution is -2.28. The Morgan fingerprint density at radius 2 is 1.71 bits per heavy atom. The molecule has 1 aromatic rings. The lowest BCUT2D eigenvalue weighted by Gasteiger charge is -2.19. The molecule has 7 heteroatoms. The average Bonchev–Trinajstić information content (AvgIpc) is 2.05. The zero-order valence-electron chi connectivity index (χ0n) is 9.94. The van der Waals surface area contributed by atoms with Gasteiger partial charge in [0, 0.05) is 0 Å². The highest BCUT2D eigenvalue weighted by Gasteiger charge is 2.22. The Morgan fingerprint density at radius 1 is 1.18 bits per heavy atom. The summed E-state index contributed by atoms with van der Waals surface area (Å²) in [6.45, 7) is 5.28. The van der Waals surface area contributed by atoms with Crippen LogP contribution in [-0.2, 0) is 14.3 Å². The summed E-state index contributed by atoms with van der Waals surface area (Å²) in [5, 5.41) is 17.6. The molecule has 0 unspecified atom stereocenters. The van der Waals surface area contributed by atoms with Crippen LogP contribution < -0.4 is 7.69 Å². The summed E-state index contributed by atoms with van der Waals surface area (Å²) in [5.74, 6) is -1.23. The molecular weight excluding hydrogens is 264 g/mol. The Bertz CT molecular complexity index is 495. The molecule has 0 bridgehead atoms. The van der Waals surface area contributed by atoms with Crippen LogP contribution in [0.2, 0.25) is 0 Å². The van der Waals surface area contributed by atoms with Crippen molar-refractivity contribution in [2.24, 2.45) is 0 Å². The molecular formula is C10H14O5S2. The summed E-state index contributed by atoms with van der Waals surface area (Å²) in [6.07, 6.45) is 0. The molecule has 0 aliphatic heterocycles. The van der Waals surface area contributed by atoms with Crippen molar-refractivity contribution in [3.63, 3.8) is 0 Å². The molecule has 0 spiro atoms. The number of hydrogen-bond acceptors (Lipinski definition) is 7. The highest BCUT2D eigenvalue weighted by atomic mass is 32.2. The normalized spacial score (nSPS) is 11.1. The van der Waals surface area contributed by atoms with Gasteiger partial charge in [0.15, 0.2) is 3.85 Å². The van der Waals surface area contributed by atoms with Crippen LogP contribution in [0.3, 0.4) is 0 Å². The summed E-state index contributed by atoms with van der Waals surface area (Å²) in [4.78, 5) is 11.7. The Hall–Kier alpha value is -1.21. The van der Waals surface area contributed by atoms with Crippen LogP contribution in [0, 0.1) is 0 Å². The molecule has 0 atom stereocenters. The van der Waals surface area contributed by atoms with Crippen LogP contribution in [0.5, 0.6) is 0 Å².